The summed E-state index contributed by atoms with van der Waals surface area (Å²) in [5.74, 6) is -0.978. The van der Waals surface area contributed by atoms with Crippen LogP contribution in [0.1, 0.15) is 6.92 Å². The van der Waals surface area contributed by atoms with Crippen LogP contribution < -0.4 is 5.32 Å². The number of ether oxygens (including phenoxy) is 1. The highest BCUT2D eigenvalue weighted by atomic mass is 127. The monoisotopic (exact) mass is 287 g/mol. The summed E-state index contributed by atoms with van der Waals surface area (Å²) in [7, 11) is 1.26. The van der Waals surface area contributed by atoms with Crippen LogP contribution in [0, 0.1) is 0 Å². The molecule has 62 valence electrons. The summed E-state index contributed by atoms with van der Waals surface area (Å²) in [6.07, 6.45) is -0.238. The highest BCUT2D eigenvalue weighted by Gasteiger charge is 2.26. The lowest BCUT2D eigenvalue weighted by Crippen LogP contribution is -2.23. The van der Waals surface area contributed by atoms with Crippen molar-refractivity contribution in [3.63, 3.8) is 0 Å². The first-order chi connectivity index (χ1) is 5.15. The van der Waals surface area contributed by atoms with Crippen LogP contribution in [0.2, 0.25) is 0 Å². The summed E-state index contributed by atoms with van der Waals surface area (Å²) in [5.41, 5.74) is 0.150. The zero-order valence-corrected chi connectivity index (χ0v) is 8.60. The fourth-order valence-electron chi connectivity index (χ4n) is 0.717. The Bertz CT molecular complexity index is 218. The van der Waals surface area contributed by atoms with Gasteiger partial charge in [0.2, 0.25) is 0 Å². The Labute approximate surface area is 80.0 Å². The van der Waals surface area contributed by atoms with E-state index in [1.807, 2.05) is 21.2 Å². The second kappa shape index (κ2) is 3.53. The summed E-state index contributed by atoms with van der Waals surface area (Å²) in [6, 6.07) is 0. The van der Waals surface area contributed by atoms with E-state index in [-0.39, 0.29) is 11.9 Å². The molecule has 1 unspecified atom stereocenters. The van der Waals surface area contributed by atoms with Crippen LogP contribution in [-0.2, 0) is 9.53 Å². The van der Waals surface area contributed by atoms with Crippen LogP contribution in [0.4, 0.5) is 0 Å². The van der Waals surface area contributed by atoms with Gasteiger partial charge in [-0.05, 0) is 15.9 Å². The Hall–Kier alpha value is -0.110. The van der Waals surface area contributed by atoms with Crippen LogP contribution in [0.25, 0.3) is 0 Å². The minimum absolute atomic E-state index is 0.150. The molecular formula is C5H6INO3S. The molecule has 0 bridgehead atoms. The molecule has 0 aromatic carbocycles. The van der Waals surface area contributed by atoms with Crippen molar-refractivity contribution in [1.82, 2.24) is 5.32 Å². The first kappa shape index (κ1) is 8.98. The van der Waals surface area contributed by atoms with E-state index in [0.29, 0.717) is 5.09 Å². The van der Waals surface area contributed by atoms with Gasteiger partial charge >= 0.3 is 5.97 Å². The Morgan fingerprint density at radius 1 is 1.91 bits per heavy atom. The van der Waals surface area contributed by atoms with Crippen molar-refractivity contribution in [2.75, 3.05) is 0 Å². The van der Waals surface area contributed by atoms with E-state index in [2.05, 4.69) is 5.32 Å². The van der Waals surface area contributed by atoms with Crippen LogP contribution in [0.5, 0.6) is 0 Å². The van der Waals surface area contributed by atoms with Crippen molar-refractivity contribution in [3.05, 3.63) is 10.8 Å². The van der Waals surface area contributed by atoms with Gasteiger partial charge in [0.25, 0.3) is 0 Å². The fraction of sp³-hybridized carbons (Fsp3) is 0.400. The summed E-state index contributed by atoms with van der Waals surface area (Å²) >= 11 is 1.98. The predicted octanol–water partition coefficient (Wildman–Crippen LogP) is 1.29. The second-order valence-electron chi connectivity index (χ2n) is 1.95. The number of carboxylic acids is 1. The molecule has 6 heteroatoms. The normalized spacial score (nSPS) is 22.9. The molecule has 11 heavy (non-hydrogen) atoms. The molecule has 0 aliphatic carbocycles. The van der Waals surface area contributed by atoms with Crippen LogP contribution in [-0.4, -0.2) is 17.3 Å². The standard InChI is InChI=1S/C5H6INO3S/c1-2-7-3(4(8)9)5(10-2)11-6/h2,7H,1H3,(H,8,9). The smallest absolute Gasteiger partial charge is 0.356 e. The van der Waals surface area contributed by atoms with E-state index >= 15 is 0 Å². The minimum atomic E-state index is -0.978. The summed E-state index contributed by atoms with van der Waals surface area (Å²) in [4.78, 5) is 10.5. The van der Waals surface area contributed by atoms with E-state index in [1.54, 1.807) is 6.92 Å². The van der Waals surface area contributed by atoms with Gasteiger partial charge in [0, 0.05) is 21.2 Å². The zero-order chi connectivity index (χ0) is 8.43. The van der Waals surface area contributed by atoms with E-state index in [0.717, 1.165) is 0 Å². The zero-order valence-electron chi connectivity index (χ0n) is 5.63. The number of rotatable bonds is 2. The third-order valence-corrected chi connectivity index (χ3v) is 2.76. The molecule has 0 saturated carbocycles. The van der Waals surface area contributed by atoms with Gasteiger partial charge in [0.05, 0.1) is 0 Å². The molecule has 0 fully saturated rings. The lowest BCUT2D eigenvalue weighted by atomic mass is 10.5. The van der Waals surface area contributed by atoms with Gasteiger partial charge in [-0.2, -0.15) is 0 Å². The van der Waals surface area contributed by atoms with Crippen molar-refractivity contribution < 1.29 is 14.6 Å². The van der Waals surface area contributed by atoms with Crippen molar-refractivity contribution in [1.29, 1.82) is 0 Å². The van der Waals surface area contributed by atoms with Crippen molar-refractivity contribution >= 4 is 36.1 Å². The largest absolute Gasteiger partial charge is 0.476 e. The van der Waals surface area contributed by atoms with Gasteiger partial charge in [-0.25, -0.2) is 4.79 Å². The molecule has 0 spiro atoms. The second-order valence-corrected chi connectivity index (χ2v) is 3.80. The maximum Gasteiger partial charge on any atom is 0.356 e. The van der Waals surface area contributed by atoms with Gasteiger partial charge in [-0.1, -0.05) is 0 Å². The first-order valence-corrected chi connectivity index (χ1v) is 6.20. The Morgan fingerprint density at radius 2 is 2.55 bits per heavy atom. The van der Waals surface area contributed by atoms with Crippen LogP contribution >= 0.6 is 30.1 Å². The first-order valence-electron chi connectivity index (χ1n) is 2.84. The molecule has 0 aromatic rings. The molecule has 1 aliphatic rings. The lowest BCUT2D eigenvalue weighted by Gasteiger charge is -2.03. The van der Waals surface area contributed by atoms with Crippen molar-refractivity contribution in [3.8, 4) is 0 Å². The number of carboxylic acid groups (broad SMARTS) is 1. The number of halogens is 1. The maximum absolute atomic E-state index is 10.5. The molecule has 0 aromatic heterocycles. The molecule has 0 radical (unpaired) electrons. The molecule has 1 atom stereocenters. The highest BCUT2D eigenvalue weighted by Crippen LogP contribution is 2.31. The SMILES string of the molecule is CC1NC(C(=O)O)=C(SI)O1. The number of nitrogens with one attached hydrogen (secondary N) is 1. The van der Waals surface area contributed by atoms with Gasteiger partial charge in [0.1, 0.15) is 0 Å². The lowest BCUT2D eigenvalue weighted by molar-refractivity contribution is -0.133. The van der Waals surface area contributed by atoms with E-state index in [1.165, 1.54) is 8.93 Å². The topological polar surface area (TPSA) is 58.6 Å². The highest BCUT2D eigenvalue weighted by molar-refractivity contribution is 14.2. The fourth-order valence-corrected chi connectivity index (χ4v) is 2.09. The van der Waals surface area contributed by atoms with Gasteiger partial charge in [-0.15, -0.1) is 0 Å². The number of hydrogen-bond donors (Lipinski definition) is 2. The molecular weight excluding hydrogens is 281 g/mol. The van der Waals surface area contributed by atoms with Gasteiger partial charge in [0.15, 0.2) is 17.0 Å². The summed E-state index contributed by atoms with van der Waals surface area (Å²) < 4.78 is 5.13. The molecule has 1 heterocycles. The molecule has 2 N–H and O–H groups in total. The minimum Gasteiger partial charge on any atom is -0.476 e. The number of carbonyl (C=O) groups is 1. The van der Waals surface area contributed by atoms with Crippen molar-refractivity contribution in [2.45, 2.75) is 13.2 Å². The van der Waals surface area contributed by atoms with E-state index < -0.39 is 5.97 Å². The Balaban J connectivity index is 2.79. The Morgan fingerprint density at radius 3 is 2.91 bits per heavy atom. The molecule has 1 rings (SSSR count). The van der Waals surface area contributed by atoms with Crippen LogP contribution in [0.3, 0.4) is 0 Å². The Kier molecular flexibility index (Phi) is 2.88. The van der Waals surface area contributed by atoms with E-state index in [4.69, 9.17) is 9.84 Å². The quantitative estimate of drug-likeness (QED) is 0.749. The van der Waals surface area contributed by atoms with Crippen LogP contribution in [0.15, 0.2) is 10.8 Å². The third kappa shape index (κ3) is 1.92. The van der Waals surface area contributed by atoms with Gasteiger partial charge in [-0.3, -0.25) is 0 Å². The molecule has 0 saturated heterocycles. The van der Waals surface area contributed by atoms with Crippen molar-refractivity contribution in [2.24, 2.45) is 0 Å². The molecule has 1 aliphatic heterocycles. The number of aliphatic carboxylic acids is 1. The number of hydrogen-bond acceptors (Lipinski definition) is 4. The molecule has 0 amide bonds. The average molecular weight is 287 g/mol. The average Bonchev–Trinajstić information content (AvgIpc) is 2.30. The summed E-state index contributed by atoms with van der Waals surface area (Å²) in [6.45, 7) is 1.75. The van der Waals surface area contributed by atoms with Gasteiger partial charge < -0.3 is 15.2 Å². The van der Waals surface area contributed by atoms with E-state index in [9.17, 15) is 4.79 Å². The maximum atomic E-state index is 10.5. The predicted molar refractivity (Wildman–Crippen MR) is 50.0 cm³/mol. The third-order valence-electron chi connectivity index (χ3n) is 1.12. The molecule has 4 nitrogen and oxygen atoms in total. The summed E-state index contributed by atoms with van der Waals surface area (Å²) in [5, 5.41) is 11.7.